The molecular formula is C26H24N2O4S. The average Bonchev–Trinajstić information content (AvgIpc) is 3.17. The molecule has 1 aromatic heterocycles. The molecule has 0 amide bonds. The molecule has 0 bridgehead atoms. The molecule has 1 aliphatic rings. The van der Waals surface area contributed by atoms with Crippen molar-refractivity contribution in [3.63, 3.8) is 0 Å². The summed E-state index contributed by atoms with van der Waals surface area (Å²) >= 11 is 1.31. The molecule has 0 saturated heterocycles. The predicted octanol–water partition coefficient (Wildman–Crippen LogP) is 3.36. The van der Waals surface area contributed by atoms with E-state index in [2.05, 4.69) is 11.6 Å². The van der Waals surface area contributed by atoms with E-state index in [-0.39, 0.29) is 5.56 Å². The molecule has 0 saturated carbocycles. The lowest BCUT2D eigenvalue weighted by atomic mass is 9.95. The largest absolute Gasteiger partial charge is 0.490 e. The van der Waals surface area contributed by atoms with Gasteiger partial charge in [0.2, 0.25) is 0 Å². The Bertz CT molecular complexity index is 1380. The average molecular weight is 461 g/mol. The molecular weight excluding hydrogens is 436 g/mol. The van der Waals surface area contributed by atoms with Gasteiger partial charge in [-0.05, 0) is 35.8 Å². The summed E-state index contributed by atoms with van der Waals surface area (Å²) in [6, 6.07) is 16.4. The molecule has 0 aliphatic carbocycles. The molecule has 0 spiro atoms. The summed E-state index contributed by atoms with van der Waals surface area (Å²) in [5.41, 5.74) is 2.53. The summed E-state index contributed by atoms with van der Waals surface area (Å²) < 4.78 is 12.7. The predicted molar refractivity (Wildman–Crippen MR) is 129 cm³/mol. The van der Waals surface area contributed by atoms with Crippen LogP contribution in [-0.2, 0) is 9.53 Å². The lowest BCUT2D eigenvalue weighted by Crippen LogP contribution is -2.40. The van der Waals surface area contributed by atoms with Gasteiger partial charge in [0.15, 0.2) is 4.80 Å². The molecule has 3 aromatic rings. The van der Waals surface area contributed by atoms with Crippen molar-refractivity contribution in [2.75, 3.05) is 13.7 Å². The summed E-state index contributed by atoms with van der Waals surface area (Å²) in [6.07, 6.45) is 4.06. The number of carbonyl (C=O) groups is 1. The smallest absolute Gasteiger partial charge is 0.338 e. The summed E-state index contributed by atoms with van der Waals surface area (Å²) in [4.78, 5) is 31.5. The van der Waals surface area contributed by atoms with Gasteiger partial charge in [-0.15, -0.1) is 0 Å². The Hall–Kier alpha value is -3.71. The number of fused-ring (bicyclic) bond motifs is 1. The molecule has 168 valence electrons. The molecule has 0 fully saturated rings. The quantitative estimate of drug-likeness (QED) is 0.401. The van der Waals surface area contributed by atoms with Crippen molar-refractivity contribution >= 4 is 23.4 Å². The summed E-state index contributed by atoms with van der Waals surface area (Å²) in [5, 5.41) is 0. The van der Waals surface area contributed by atoms with Gasteiger partial charge in [-0.3, -0.25) is 9.36 Å². The Labute approximate surface area is 195 Å². The number of thiazole rings is 1. The van der Waals surface area contributed by atoms with Gasteiger partial charge in [0.05, 0.1) is 29.0 Å². The van der Waals surface area contributed by atoms with Crippen molar-refractivity contribution in [1.29, 1.82) is 0 Å². The van der Waals surface area contributed by atoms with Crippen molar-refractivity contribution in [3.8, 4) is 5.75 Å². The third-order valence-corrected chi connectivity index (χ3v) is 6.29. The van der Waals surface area contributed by atoms with Gasteiger partial charge in [0.1, 0.15) is 12.4 Å². The molecule has 4 rings (SSSR count). The Balaban J connectivity index is 1.87. The Kier molecular flexibility index (Phi) is 6.70. The van der Waals surface area contributed by atoms with E-state index in [0.29, 0.717) is 33.6 Å². The van der Waals surface area contributed by atoms with Gasteiger partial charge in [-0.25, -0.2) is 9.79 Å². The number of methoxy groups -OCH3 is 1. The summed E-state index contributed by atoms with van der Waals surface area (Å²) in [5.74, 6) is 0.252. The minimum absolute atomic E-state index is 0.198. The number of ether oxygens (including phenoxy) is 2. The lowest BCUT2D eigenvalue weighted by Gasteiger charge is -2.25. The van der Waals surface area contributed by atoms with E-state index < -0.39 is 12.0 Å². The number of benzene rings is 2. The fraction of sp³-hybridized carbons (Fsp3) is 0.192. The van der Waals surface area contributed by atoms with Gasteiger partial charge >= 0.3 is 5.97 Å². The van der Waals surface area contributed by atoms with E-state index >= 15 is 0 Å². The Morgan fingerprint density at radius 3 is 2.55 bits per heavy atom. The minimum atomic E-state index is -0.596. The minimum Gasteiger partial charge on any atom is -0.490 e. The second kappa shape index (κ2) is 9.83. The standard InChI is InChI=1S/C26H24N2O4S/c1-4-15-32-19-13-11-17(12-14-19)16-21-24(29)28-23(18-9-7-6-8-10-18)22(25(30)31-3)20(5-2)27-26(28)33-21/h4,6-14,16,23H,1,5,15H2,2-3H3/b21-16-/t23-/m0/s1. The lowest BCUT2D eigenvalue weighted by molar-refractivity contribution is -0.136. The van der Waals surface area contributed by atoms with Crippen LogP contribution in [0.2, 0.25) is 0 Å². The van der Waals surface area contributed by atoms with Crippen LogP contribution in [0.25, 0.3) is 6.08 Å². The molecule has 7 heteroatoms. The zero-order chi connectivity index (χ0) is 23.4. The molecule has 1 atom stereocenters. The van der Waals surface area contributed by atoms with Crippen LogP contribution in [0.15, 0.2) is 88.3 Å². The number of hydrogen-bond donors (Lipinski definition) is 0. The molecule has 0 unspecified atom stereocenters. The second-order valence-electron chi connectivity index (χ2n) is 7.37. The number of rotatable bonds is 7. The van der Waals surface area contributed by atoms with Gasteiger partial charge in [-0.2, -0.15) is 0 Å². The van der Waals surface area contributed by atoms with Crippen LogP contribution < -0.4 is 19.6 Å². The van der Waals surface area contributed by atoms with Gasteiger partial charge in [-0.1, -0.05) is 73.4 Å². The molecule has 2 aromatic carbocycles. The monoisotopic (exact) mass is 460 g/mol. The van der Waals surface area contributed by atoms with Crippen LogP contribution in [0.4, 0.5) is 0 Å². The first kappa shape index (κ1) is 22.5. The maximum absolute atomic E-state index is 13.5. The molecule has 0 radical (unpaired) electrons. The highest BCUT2D eigenvalue weighted by molar-refractivity contribution is 7.07. The molecule has 33 heavy (non-hydrogen) atoms. The topological polar surface area (TPSA) is 69.9 Å². The molecule has 2 heterocycles. The second-order valence-corrected chi connectivity index (χ2v) is 8.38. The zero-order valence-electron chi connectivity index (χ0n) is 18.5. The first-order chi connectivity index (χ1) is 16.1. The third kappa shape index (κ3) is 4.45. The van der Waals surface area contributed by atoms with Crippen molar-refractivity contribution < 1.29 is 14.3 Å². The van der Waals surface area contributed by atoms with Crippen LogP contribution >= 0.6 is 11.3 Å². The van der Waals surface area contributed by atoms with Crippen molar-refractivity contribution in [2.24, 2.45) is 4.99 Å². The van der Waals surface area contributed by atoms with Crippen molar-refractivity contribution in [1.82, 2.24) is 4.57 Å². The highest BCUT2D eigenvalue weighted by atomic mass is 32.1. The van der Waals surface area contributed by atoms with Gasteiger partial charge < -0.3 is 9.47 Å². The maximum atomic E-state index is 13.5. The maximum Gasteiger partial charge on any atom is 0.338 e. The van der Waals surface area contributed by atoms with E-state index in [1.807, 2.05) is 67.6 Å². The number of carbonyl (C=O) groups excluding carboxylic acids is 1. The highest BCUT2D eigenvalue weighted by Crippen LogP contribution is 2.31. The SMILES string of the molecule is C=CCOc1ccc(/C=c2\sc3n(c2=O)[C@@H](c2ccccc2)C(C(=O)OC)=C(CC)N=3)cc1. The van der Waals surface area contributed by atoms with Crippen LogP contribution in [0, 0.1) is 0 Å². The Morgan fingerprint density at radius 2 is 1.91 bits per heavy atom. The zero-order valence-corrected chi connectivity index (χ0v) is 19.3. The number of aromatic nitrogens is 1. The third-order valence-electron chi connectivity index (χ3n) is 5.31. The number of allylic oxidation sites excluding steroid dienone is 1. The van der Waals surface area contributed by atoms with E-state index in [1.165, 1.54) is 18.4 Å². The molecule has 1 aliphatic heterocycles. The number of hydrogen-bond acceptors (Lipinski definition) is 6. The van der Waals surface area contributed by atoms with Gasteiger partial charge in [0, 0.05) is 0 Å². The normalized spacial score (nSPS) is 15.6. The molecule has 6 nitrogen and oxygen atoms in total. The summed E-state index contributed by atoms with van der Waals surface area (Å²) in [7, 11) is 1.35. The Morgan fingerprint density at radius 1 is 1.18 bits per heavy atom. The summed E-state index contributed by atoms with van der Waals surface area (Å²) in [6.45, 7) is 6.01. The van der Waals surface area contributed by atoms with Crippen LogP contribution in [0.1, 0.15) is 30.5 Å². The van der Waals surface area contributed by atoms with Crippen molar-refractivity contribution in [3.05, 3.63) is 109 Å². The highest BCUT2D eigenvalue weighted by Gasteiger charge is 2.33. The van der Waals surface area contributed by atoms with Crippen LogP contribution in [0.5, 0.6) is 5.75 Å². The first-order valence-electron chi connectivity index (χ1n) is 10.6. The first-order valence-corrected chi connectivity index (χ1v) is 11.4. The van der Waals surface area contributed by atoms with E-state index in [0.717, 1.165) is 16.9 Å². The van der Waals surface area contributed by atoms with E-state index in [9.17, 15) is 9.59 Å². The van der Waals surface area contributed by atoms with Gasteiger partial charge in [0.25, 0.3) is 5.56 Å². The van der Waals surface area contributed by atoms with Crippen molar-refractivity contribution in [2.45, 2.75) is 19.4 Å². The van der Waals surface area contributed by atoms with Crippen LogP contribution in [0.3, 0.4) is 0 Å². The fourth-order valence-electron chi connectivity index (χ4n) is 3.78. The van der Waals surface area contributed by atoms with E-state index in [1.54, 1.807) is 10.6 Å². The number of nitrogens with zero attached hydrogens (tertiary/aromatic N) is 2. The fourth-order valence-corrected chi connectivity index (χ4v) is 4.80. The number of esters is 1. The molecule has 0 N–H and O–H groups in total. The van der Waals surface area contributed by atoms with Crippen LogP contribution in [-0.4, -0.2) is 24.3 Å². The van der Waals surface area contributed by atoms with E-state index in [4.69, 9.17) is 9.47 Å².